The molecule has 0 spiro atoms. The number of nitrogens with two attached hydrogens (primary N) is 1. The van der Waals surface area contributed by atoms with Crippen molar-refractivity contribution in [3.8, 4) is 0 Å². The molecule has 0 bridgehead atoms. The van der Waals surface area contributed by atoms with Crippen molar-refractivity contribution in [2.75, 3.05) is 6.61 Å². The largest absolute Gasteiger partial charge is 0.465 e. The fraction of sp³-hybridized carbons (Fsp3) is 0.889. The average molecular weight is 173 g/mol. The summed E-state index contributed by atoms with van der Waals surface area (Å²) in [6, 6.07) is -0.438. The standard InChI is InChI=1S/C9H19NO2/c1-3-5-6-7-12-9(11)8(10)4-2/h8H,3-7,10H2,1-2H3/t8-/m0/s1. The second-order valence-corrected chi connectivity index (χ2v) is 2.89. The maximum atomic E-state index is 11.0. The molecule has 0 rings (SSSR count). The molecule has 3 nitrogen and oxygen atoms in total. The summed E-state index contributed by atoms with van der Waals surface area (Å²) in [5.74, 6) is -0.270. The van der Waals surface area contributed by atoms with E-state index in [9.17, 15) is 4.79 Å². The highest BCUT2D eigenvalue weighted by Gasteiger charge is 2.11. The maximum absolute atomic E-state index is 11.0. The third kappa shape index (κ3) is 5.13. The van der Waals surface area contributed by atoms with Crippen molar-refractivity contribution in [3.63, 3.8) is 0 Å². The van der Waals surface area contributed by atoms with Crippen LogP contribution in [0.5, 0.6) is 0 Å². The van der Waals surface area contributed by atoms with Gasteiger partial charge in [-0.25, -0.2) is 0 Å². The highest BCUT2D eigenvalue weighted by molar-refractivity contribution is 5.75. The molecule has 0 saturated heterocycles. The van der Waals surface area contributed by atoms with Gasteiger partial charge in [-0.2, -0.15) is 0 Å². The molecule has 0 aliphatic carbocycles. The SMILES string of the molecule is CCCCCOC(=O)[C@@H](N)CC. The molecule has 0 saturated carbocycles. The number of hydrogen-bond acceptors (Lipinski definition) is 3. The van der Waals surface area contributed by atoms with Crippen LogP contribution in [-0.4, -0.2) is 18.6 Å². The van der Waals surface area contributed by atoms with E-state index in [0.29, 0.717) is 13.0 Å². The Labute approximate surface area is 74.3 Å². The molecule has 0 heterocycles. The normalized spacial score (nSPS) is 12.6. The van der Waals surface area contributed by atoms with Crippen LogP contribution in [0.4, 0.5) is 0 Å². The zero-order chi connectivity index (χ0) is 9.40. The fourth-order valence-electron chi connectivity index (χ4n) is 0.799. The van der Waals surface area contributed by atoms with E-state index in [2.05, 4.69) is 6.92 Å². The molecule has 3 heteroatoms. The van der Waals surface area contributed by atoms with Crippen LogP contribution in [-0.2, 0) is 9.53 Å². The van der Waals surface area contributed by atoms with Crippen LogP contribution in [0.25, 0.3) is 0 Å². The van der Waals surface area contributed by atoms with Gasteiger partial charge in [0, 0.05) is 0 Å². The predicted octanol–water partition coefficient (Wildman–Crippen LogP) is 1.46. The van der Waals surface area contributed by atoms with Crippen molar-refractivity contribution >= 4 is 5.97 Å². The maximum Gasteiger partial charge on any atom is 0.322 e. The molecule has 0 aromatic heterocycles. The summed E-state index contributed by atoms with van der Waals surface area (Å²) in [4.78, 5) is 11.0. The lowest BCUT2D eigenvalue weighted by atomic mass is 10.2. The van der Waals surface area contributed by atoms with Crippen LogP contribution >= 0.6 is 0 Å². The van der Waals surface area contributed by atoms with E-state index in [0.717, 1.165) is 19.3 Å². The minimum Gasteiger partial charge on any atom is -0.465 e. The van der Waals surface area contributed by atoms with E-state index < -0.39 is 6.04 Å². The quantitative estimate of drug-likeness (QED) is 0.488. The van der Waals surface area contributed by atoms with Gasteiger partial charge in [0.25, 0.3) is 0 Å². The van der Waals surface area contributed by atoms with Gasteiger partial charge in [0.05, 0.1) is 6.61 Å². The van der Waals surface area contributed by atoms with Gasteiger partial charge in [0.15, 0.2) is 0 Å². The molecule has 0 fully saturated rings. The molecule has 0 aliphatic rings. The molecular formula is C9H19NO2. The Morgan fingerprint density at radius 3 is 2.58 bits per heavy atom. The van der Waals surface area contributed by atoms with Gasteiger partial charge in [0.2, 0.25) is 0 Å². The summed E-state index contributed by atoms with van der Waals surface area (Å²) < 4.78 is 4.93. The first-order valence-corrected chi connectivity index (χ1v) is 4.64. The third-order valence-electron chi connectivity index (χ3n) is 1.73. The summed E-state index contributed by atoms with van der Waals surface area (Å²) in [5.41, 5.74) is 5.46. The average Bonchev–Trinajstić information content (AvgIpc) is 2.10. The van der Waals surface area contributed by atoms with Gasteiger partial charge in [-0.05, 0) is 12.8 Å². The lowest BCUT2D eigenvalue weighted by Gasteiger charge is -2.08. The van der Waals surface area contributed by atoms with Crippen molar-refractivity contribution in [2.24, 2.45) is 5.73 Å². The van der Waals surface area contributed by atoms with Crippen LogP contribution < -0.4 is 5.73 Å². The number of esters is 1. The first-order valence-electron chi connectivity index (χ1n) is 4.64. The molecular weight excluding hydrogens is 154 g/mol. The van der Waals surface area contributed by atoms with Crippen molar-refractivity contribution in [1.82, 2.24) is 0 Å². The van der Waals surface area contributed by atoms with Crippen LogP contribution in [0.15, 0.2) is 0 Å². The zero-order valence-corrected chi connectivity index (χ0v) is 8.01. The Balaban J connectivity index is 3.31. The number of hydrogen-bond donors (Lipinski definition) is 1. The highest BCUT2D eigenvalue weighted by Crippen LogP contribution is 1.96. The molecule has 0 aromatic carbocycles. The highest BCUT2D eigenvalue weighted by atomic mass is 16.5. The van der Waals surface area contributed by atoms with Gasteiger partial charge < -0.3 is 10.5 Å². The van der Waals surface area contributed by atoms with Gasteiger partial charge in [-0.3, -0.25) is 4.79 Å². The van der Waals surface area contributed by atoms with E-state index in [1.165, 1.54) is 0 Å². The van der Waals surface area contributed by atoms with Crippen LogP contribution in [0.2, 0.25) is 0 Å². The number of rotatable bonds is 6. The summed E-state index contributed by atoms with van der Waals surface area (Å²) in [6.45, 7) is 4.50. The lowest BCUT2D eigenvalue weighted by Crippen LogP contribution is -2.31. The van der Waals surface area contributed by atoms with E-state index >= 15 is 0 Å². The monoisotopic (exact) mass is 173 g/mol. The Morgan fingerprint density at radius 2 is 2.08 bits per heavy atom. The molecule has 0 radical (unpaired) electrons. The Morgan fingerprint density at radius 1 is 1.42 bits per heavy atom. The predicted molar refractivity (Wildman–Crippen MR) is 48.8 cm³/mol. The summed E-state index contributed by atoms with van der Waals surface area (Å²) >= 11 is 0. The Kier molecular flexibility index (Phi) is 6.76. The van der Waals surface area contributed by atoms with Gasteiger partial charge in [-0.15, -0.1) is 0 Å². The second kappa shape index (κ2) is 7.10. The van der Waals surface area contributed by atoms with Gasteiger partial charge >= 0.3 is 5.97 Å². The molecule has 72 valence electrons. The summed E-state index contributed by atoms with van der Waals surface area (Å²) in [5, 5.41) is 0. The smallest absolute Gasteiger partial charge is 0.322 e. The van der Waals surface area contributed by atoms with Crippen LogP contribution in [0.1, 0.15) is 39.5 Å². The minimum atomic E-state index is -0.438. The van der Waals surface area contributed by atoms with Gasteiger partial charge in [-0.1, -0.05) is 26.7 Å². The molecule has 2 N–H and O–H groups in total. The number of unbranched alkanes of at least 4 members (excludes halogenated alkanes) is 2. The molecule has 0 amide bonds. The second-order valence-electron chi connectivity index (χ2n) is 2.89. The first kappa shape index (κ1) is 11.4. The van der Waals surface area contributed by atoms with Crippen LogP contribution in [0, 0.1) is 0 Å². The molecule has 0 aliphatic heterocycles. The number of carbonyl (C=O) groups excluding carboxylic acids is 1. The van der Waals surface area contributed by atoms with Crippen molar-refractivity contribution < 1.29 is 9.53 Å². The van der Waals surface area contributed by atoms with Crippen molar-refractivity contribution in [3.05, 3.63) is 0 Å². The molecule has 12 heavy (non-hydrogen) atoms. The van der Waals surface area contributed by atoms with Crippen molar-refractivity contribution in [1.29, 1.82) is 0 Å². The number of carbonyl (C=O) groups is 1. The molecule has 0 aromatic rings. The Bertz CT molecular complexity index is 126. The topological polar surface area (TPSA) is 52.3 Å². The van der Waals surface area contributed by atoms with Crippen LogP contribution in [0.3, 0.4) is 0 Å². The number of ether oxygens (including phenoxy) is 1. The van der Waals surface area contributed by atoms with E-state index in [4.69, 9.17) is 10.5 Å². The van der Waals surface area contributed by atoms with Crippen molar-refractivity contribution in [2.45, 2.75) is 45.6 Å². The van der Waals surface area contributed by atoms with Gasteiger partial charge in [0.1, 0.15) is 6.04 Å². The summed E-state index contributed by atoms with van der Waals surface area (Å²) in [7, 11) is 0. The van der Waals surface area contributed by atoms with E-state index in [1.807, 2.05) is 6.92 Å². The third-order valence-corrected chi connectivity index (χ3v) is 1.73. The Hall–Kier alpha value is -0.570. The van der Waals surface area contributed by atoms with E-state index in [-0.39, 0.29) is 5.97 Å². The minimum absolute atomic E-state index is 0.270. The summed E-state index contributed by atoms with van der Waals surface area (Å²) in [6.07, 6.45) is 3.83. The first-order chi connectivity index (χ1) is 5.72. The zero-order valence-electron chi connectivity index (χ0n) is 8.01. The molecule has 0 unspecified atom stereocenters. The van der Waals surface area contributed by atoms with E-state index in [1.54, 1.807) is 0 Å². The fourth-order valence-corrected chi connectivity index (χ4v) is 0.799. The molecule has 1 atom stereocenters. The lowest BCUT2D eigenvalue weighted by molar-refractivity contribution is -0.145.